The number of hydrogen-bond acceptors (Lipinski definition) is 2. The molecule has 80 valence electrons. The number of rotatable bonds is 3. The van der Waals surface area contributed by atoms with Crippen LogP contribution in [0.5, 0.6) is 0 Å². The average molecular weight is 208 g/mol. The summed E-state index contributed by atoms with van der Waals surface area (Å²) in [5.41, 5.74) is 0. The van der Waals surface area contributed by atoms with Gasteiger partial charge >= 0.3 is 0 Å². The van der Waals surface area contributed by atoms with Gasteiger partial charge in [-0.1, -0.05) is 32.1 Å². The van der Waals surface area contributed by atoms with E-state index in [0.29, 0.717) is 6.04 Å². The number of nitrogens with one attached hydrogen (secondary N) is 1. The van der Waals surface area contributed by atoms with Crippen molar-refractivity contribution in [1.29, 1.82) is 0 Å². The van der Waals surface area contributed by atoms with E-state index in [1.807, 2.05) is 0 Å². The Bertz CT molecular complexity index is 100. The fourth-order valence-electron chi connectivity index (χ4n) is 1.93. The maximum Gasteiger partial charge on any atom is 0.0556 e. The molecule has 0 unspecified atom stereocenters. The summed E-state index contributed by atoms with van der Waals surface area (Å²) in [6.45, 7) is 1.04. The first-order chi connectivity index (χ1) is 5.93. The fraction of sp³-hybridized carbons (Fsp3) is 1.00. The molecule has 1 aliphatic rings. The zero-order valence-electron chi connectivity index (χ0n) is 8.30. The van der Waals surface area contributed by atoms with Gasteiger partial charge in [-0.25, -0.2) is 0 Å². The van der Waals surface area contributed by atoms with E-state index in [1.165, 1.54) is 44.9 Å². The highest BCUT2D eigenvalue weighted by Gasteiger charge is 2.09. The highest BCUT2D eigenvalue weighted by atomic mass is 35.5. The summed E-state index contributed by atoms with van der Waals surface area (Å²) in [7, 11) is 0. The summed E-state index contributed by atoms with van der Waals surface area (Å²) in [6, 6.07) is 0.678. The number of aliphatic hydroxyl groups is 1. The van der Waals surface area contributed by atoms with Crippen molar-refractivity contribution in [3.8, 4) is 0 Å². The van der Waals surface area contributed by atoms with Crippen LogP contribution in [-0.4, -0.2) is 24.3 Å². The lowest BCUT2D eigenvalue weighted by Crippen LogP contribution is -2.31. The zero-order chi connectivity index (χ0) is 8.65. The smallest absolute Gasteiger partial charge is 0.0556 e. The van der Waals surface area contributed by atoms with Crippen LogP contribution in [0, 0.1) is 0 Å². The van der Waals surface area contributed by atoms with Gasteiger partial charge in [0.2, 0.25) is 0 Å². The molecular weight excluding hydrogens is 186 g/mol. The molecule has 1 saturated carbocycles. The van der Waals surface area contributed by atoms with Crippen molar-refractivity contribution in [2.75, 3.05) is 13.2 Å². The minimum absolute atomic E-state index is 0. The molecule has 2 nitrogen and oxygen atoms in total. The Labute approximate surface area is 87.5 Å². The maximum atomic E-state index is 8.66. The molecular formula is C10H22ClNO. The lowest BCUT2D eigenvalue weighted by atomic mass is 9.97. The van der Waals surface area contributed by atoms with Gasteiger partial charge < -0.3 is 10.4 Å². The Hall–Kier alpha value is 0.210. The lowest BCUT2D eigenvalue weighted by Gasteiger charge is -2.20. The Balaban J connectivity index is 0.00000144. The van der Waals surface area contributed by atoms with Crippen LogP contribution in [0.1, 0.15) is 44.9 Å². The topological polar surface area (TPSA) is 32.3 Å². The molecule has 0 heterocycles. The van der Waals surface area contributed by atoms with E-state index in [0.717, 1.165) is 6.54 Å². The van der Waals surface area contributed by atoms with E-state index in [-0.39, 0.29) is 19.0 Å². The van der Waals surface area contributed by atoms with Crippen LogP contribution < -0.4 is 5.32 Å². The van der Waals surface area contributed by atoms with Gasteiger partial charge in [-0.2, -0.15) is 0 Å². The van der Waals surface area contributed by atoms with Crippen LogP contribution >= 0.6 is 12.4 Å². The Kier molecular flexibility index (Phi) is 8.93. The van der Waals surface area contributed by atoms with Gasteiger partial charge in [-0.05, 0) is 12.8 Å². The summed E-state index contributed by atoms with van der Waals surface area (Å²) >= 11 is 0. The Morgan fingerprint density at radius 2 is 1.54 bits per heavy atom. The summed E-state index contributed by atoms with van der Waals surface area (Å²) in [5.74, 6) is 0. The molecule has 0 radical (unpaired) electrons. The molecule has 0 bridgehead atoms. The van der Waals surface area contributed by atoms with Gasteiger partial charge in [0.05, 0.1) is 6.61 Å². The monoisotopic (exact) mass is 207 g/mol. The molecule has 3 heteroatoms. The second-order valence-corrected chi connectivity index (χ2v) is 3.72. The highest BCUT2D eigenvalue weighted by Crippen LogP contribution is 2.16. The van der Waals surface area contributed by atoms with Crippen LogP contribution in [0.4, 0.5) is 0 Å². The third-order valence-electron chi connectivity index (χ3n) is 2.65. The molecule has 0 aromatic rings. The molecule has 0 aromatic carbocycles. The van der Waals surface area contributed by atoms with Crippen molar-refractivity contribution in [3.05, 3.63) is 0 Å². The third-order valence-corrected chi connectivity index (χ3v) is 2.65. The van der Waals surface area contributed by atoms with Gasteiger partial charge in [-0.3, -0.25) is 0 Å². The number of halogens is 1. The molecule has 0 aliphatic heterocycles. The maximum absolute atomic E-state index is 8.66. The molecule has 2 N–H and O–H groups in total. The first kappa shape index (κ1) is 13.2. The van der Waals surface area contributed by atoms with Crippen LogP contribution in [0.25, 0.3) is 0 Å². The SMILES string of the molecule is Cl.OCCNC1CCCCCCC1. The van der Waals surface area contributed by atoms with Crippen LogP contribution in [0.15, 0.2) is 0 Å². The van der Waals surface area contributed by atoms with Gasteiger partial charge in [0.15, 0.2) is 0 Å². The van der Waals surface area contributed by atoms with E-state index >= 15 is 0 Å². The van der Waals surface area contributed by atoms with E-state index < -0.39 is 0 Å². The van der Waals surface area contributed by atoms with Gasteiger partial charge in [0.25, 0.3) is 0 Å². The van der Waals surface area contributed by atoms with Crippen molar-refractivity contribution in [2.45, 2.75) is 51.0 Å². The van der Waals surface area contributed by atoms with Crippen LogP contribution in [0.2, 0.25) is 0 Å². The highest BCUT2D eigenvalue weighted by molar-refractivity contribution is 5.85. The minimum Gasteiger partial charge on any atom is -0.395 e. The normalized spacial score (nSPS) is 20.1. The van der Waals surface area contributed by atoms with E-state index in [4.69, 9.17) is 5.11 Å². The molecule has 0 amide bonds. The van der Waals surface area contributed by atoms with Gasteiger partial charge in [-0.15, -0.1) is 12.4 Å². The standard InChI is InChI=1S/C10H21NO.ClH/c12-9-8-11-10-6-4-2-1-3-5-7-10;/h10-12H,1-9H2;1H. The third kappa shape index (κ3) is 6.30. The molecule has 1 aliphatic carbocycles. The predicted octanol–water partition coefficient (Wildman–Crippen LogP) is 2.10. The quantitative estimate of drug-likeness (QED) is 0.743. The van der Waals surface area contributed by atoms with Gasteiger partial charge in [0.1, 0.15) is 0 Å². The van der Waals surface area contributed by atoms with E-state index in [2.05, 4.69) is 5.32 Å². The Morgan fingerprint density at radius 1 is 1.00 bits per heavy atom. The zero-order valence-corrected chi connectivity index (χ0v) is 9.11. The van der Waals surface area contributed by atoms with Crippen LogP contribution in [0.3, 0.4) is 0 Å². The summed E-state index contributed by atoms with van der Waals surface area (Å²) in [6.07, 6.45) is 9.56. The van der Waals surface area contributed by atoms with Crippen molar-refractivity contribution in [3.63, 3.8) is 0 Å². The first-order valence-corrected chi connectivity index (χ1v) is 5.27. The molecule has 0 spiro atoms. The Morgan fingerprint density at radius 3 is 2.08 bits per heavy atom. The molecule has 1 rings (SSSR count). The van der Waals surface area contributed by atoms with Crippen LogP contribution in [-0.2, 0) is 0 Å². The van der Waals surface area contributed by atoms with Crippen molar-refractivity contribution in [2.24, 2.45) is 0 Å². The average Bonchev–Trinajstić information content (AvgIpc) is 2.02. The van der Waals surface area contributed by atoms with E-state index in [9.17, 15) is 0 Å². The molecule has 13 heavy (non-hydrogen) atoms. The van der Waals surface area contributed by atoms with Crippen molar-refractivity contribution >= 4 is 12.4 Å². The summed E-state index contributed by atoms with van der Waals surface area (Å²) in [5, 5.41) is 12.0. The van der Waals surface area contributed by atoms with Crippen molar-refractivity contribution < 1.29 is 5.11 Å². The molecule has 0 atom stereocenters. The van der Waals surface area contributed by atoms with Crippen molar-refractivity contribution in [1.82, 2.24) is 5.32 Å². The van der Waals surface area contributed by atoms with Gasteiger partial charge in [0, 0.05) is 12.6 Å². The first-order valence-electron chi connectivity index (χ1n) is 5.27. The molecule has 0 aromatic heterocycles. The predicted molar refractivity (Wildman–Crippen MR) is 58.4 cm³/mol. The summed E-state index contributed by atoms with van der Waals surface area (Å²) < 4.78 is 0. The number of hydrogen-bond donors (Lipinski definition) is 2. The fourth-order valence-corrected chi connectivity index (χ4v) is 1.93. The molecule has 0 saturated heterocycles. The second-order valence-electron chi connectivity index (χ2n) is 3.72. The second kappa shape index (κ2) is 8.79. The summed E-state index contributed by atoms with van der Waals surface area (Å²) in [4.78, 5) is 0. The number of aliphatic hydroxyl groups excluding tert-OH is 1. The largest absolute Gasteiger partial charge is 0.395 e. The molecule has 1 fully saturated rings. The minimum atomic E-state index is 0. The lowest BCUT2D eigenvalue weighted by molar-refractivity contribution is 0.275. The van der Waals surface area contributed by atoms with E-state index in [1.54, 1.807) is 0 Å².